The van der Waals surface area contributed by atoms with Crippen molar-refractivity contribution in [3.63, 3.8) is 0 Å². The number of likely N-dealkylation sites (tertiary alicyclic amines) is 1. The van der Waals surface area contributed by atoms with E-state index in [1.54, 1.807) is 11.8 Å². The molecule has 0 aliphatic carbocycles. The molecule has 0 aromatic carbocycles. The second-order valence-electron chi connectivity index (χ2n) is 6.68. The molecule has 6 heteroatoms. The number of carbonyl (C=O) groups excluding carboxylic acids is 2. The highest BCUT2D eigenvalue weighted by molar-refractivity contribution is 5.91. The van der Waals surface area contributed by atoms with Gasteiger partial charge in [-0.3, -0.25) is 9.59 Å². The van der Waals surface area contributed by atoms with Crippen molar-refractivity contribution >= 4 is 11.9 Å². The van der Waals surface area contributed by atoms with E-state index < -0.39 is 17.4 Å². The molecule has 3 aliphatic heterocycles. The van der Waals surface area contributed by atoms with Gasteiger partial charge in [0.1, 0.15) is 11.5 Å². The van der Waals surface area contributed by atoms with Crippen LogP contribution in [0.2, 0.25) is 0 Å². The van der Waals surface area contributed by atoms with Gasteiger partial charge in [-0.2, -0.15) is 0 Å². The molecule has 0 aromatic rings. The smallest absolute Gasteiger partial charge is 0.312 e. The molecule has 2 bridgehead atoms. The Labute approximate surface area is 136 Å². The summed E-state index contributed by atoms with van der Waals surface area (Å²) in [7, 11) is 0. The largest absolute Gasteiger partial charge is 0.466 e. The van der Waals surface area contributed by atoms with Gasteiger partial charge in [0.2, 0.25) is 5.91 Å². The highest BCUT2D eigenvalue weighted by atomic mass is 16.6. The Kier molecular flexibility index (Phi) is 4.47. The third-order valence-corrected chi connectivity index (χ3v) is 4.76. The number of amides is 1. The fourth-order valence-electron chi connectivity index (χ4n) is 3.85. The Morgan fingerprint density at radius 1 is 1.52 bits per heavy atom. The molecule has 2 saturated heterocycles. The van der Waals surface area contributed by atoms with Gasteiger partial charge in [0.15, 0.2) is 0 Å². The molecule has 3 rings (SSSR count). The van der Waals surface area contributed by atoms with Crippen LogP contribution < -0.4 is 0 Å². The standard InChI is InChI=1S/C17H25NO5/c1-4-21-16(20)13-12-6-7-17(23-12)10-18(15(19)14(13)17)8-5-9-22-11(2)3/h6-7,11-14H,4-5,8-10H2,1-3H3/t12-,13+,14+,17-/m1/s1. The Morgan fingerprint density at radius 3 is 3.00 bits per heavy atom. The maximum absolute atomic E-state index is 12.8. The number of rotatable bonds is 7. The lowest BCUT2D eigenvalue weighted by Crippen LogP contribution is -2.40. The van der Waals surface area contributed by atoms with Crippen molar-refractivity contribution in [2.45, 2.75) is 45.0 Å². The zero-order chi connectivity index (χ0) is 16.6. The molecule has 6 nitrogen and oxygen atoms in total. The fourth-order valence-corrected chi connectivity index (χ4v) is 3.85. The number of hydrogen-bond donors (Lipinski definition) is 0. The Balaban J connectivity index is 1.66. The van der Waals surface area contributed by atoms with E-state index in [0.29, 0.717) is 26.3 Å². The van der Waals surface area contributed by atoms with E-state index >= 15 is 0 Å². The van der Waals surface area contributed by atoms with Gasteiger partial charge < -0.3 is 19.1 Å². The first-order valence-electron chi connectivity index (χ1n) is 8.42. The van der Waals surface area contributed by atoms with Crippen LogP contribution >= 0.6 is 0 Å². The molecule has 1 amide bonds. The topological polar surface area (TPSA) is 65.1 Å². The van der Waals surface area contributed by atoms with Gasteiger partial charge >= 0.3 is 5.97 Å². The van der Waals surface area contributed by atoms with E-state index in [0.717, 1.165) is 6.42 Å². The number of fused-ring (bicyclic) bond motifs is 1. The maximum atomic E-state index is 12.8. The zero-order valence-electron chi connectivity index (χ0n) is 14.0. The van der Waals surface area contributed by atoms with Gasteiger partial charge in [0.25, 0.3) is 0 Å². The van der Waals surface area contributed by atoms with Crippen molar-refractivity contribution in [3.05, 3.63) is 12.2 Å². The number of hydrogen-bond acceptors (Lipinski definition) is 5. The SMILES string of the molecule is CCOC(=O)[C@@H]1[C@H]2C(=O)N(CCCOC(C)C)C[C@]23C=C[C@H]1O3. The molecule has 0 N–H and O–H groups in total. The second-order valence-corrected chi connectivity index (χ2v) is 6.68. The third-order valence-electron chi connectivity index (χ3n) is 4.76. The fraction of sp³-hybridized carbons (Fsp3) is 0.765. The van der Waals surface area contributed by atoms with E-state index in [-0.39, 0.29) is 24.1 Å². The van der Waals surface area contributed by atoms with Crippen molar-refractivity contribution in [3.8, 4) is 0 Å². The normalized spacial score (nSPS) is 34.5. The summed E-state index contributed by atoms with van der Waals surface area (Å²) in [4.78, 5) is 26.8. The van der Waals surface area contributed by atoms with Crippen molar-refractivity contribution in [2.75, 3.05) is 26.3 Å². The first-order chi connectivity index (χ1) is 11.0. The van der Waals surface area contributed by atoms with Crippen LogP contribution in [0, 0.1) is 11.8 Å². The number of nitrogens with zero attached hydrogens (tertiary/aromatic N) is 1. The van der Waals surface area contributed by atoms with Crippen molar-refractivity contribution in [1.82, 2.24) is 4.90 Å². The minimum Gasteiger partial charge on any atom is -0.466 e. The molecule has 0 saturated carbocycles. The lowest BCUT2D eigenvalue weighted by Gasteiger charge is -2.22. The molecule has 0 unspecified atom stereocenters. The Hall–Kier alpha value is -1.40. The molecular weight excluding hydrogens is 298 g/mol. The van der Waals surface area contributed by atoms with Crippen molar-refractivity contribution in [2.24, 2.45) is 11.8 Å². The summed E-state index contributed by atoms with van der Waals surface area (Å²) in [5.74, 6) is -1.28. The van der Waals surface area contributed by atoms with E-state index in [1.807, 2.05) is 26.0 Å². The highest BCUT2D eigenvalue weighted by Gasteiger charge is 2.67. The first-order valence-corrected chi connectivity index (χ1v) is 8.42. The molecule has 1 spiro atoms. The summed E-state index contributed by atoms with van der Waals surface area (Å²) in [6.45, 7) is 7.84. The molecule has 3 aliphatic rings. The molecule has 2 fully saturated rings. The zero-order valence-corrected chi connectivity index (χ0v) is 14.0. The van der Waals surface area contributed by atoms with Crippen molar-refractivity contribution < 1.29 is 23.8 Å². The molecule has 4 atom stereocenters. The minimum atomic E-state index is -0.641. The third kappa shape index (κ3) is 2.78. The van der Waals surface area contributed by atoms with Crippen LogP contribution in [0.25, 0.3) is 0 Å². The summed E-state index contributed by atoms with van der Waals surface area (Å²) >= 11 is 0. The van der Waals surface area contributed by atoms with E-state index in [1.165, 1.54) is 0 Å². The van der Waals surface area contributed by atoms with E-state index in [4.69, 9.17) is 14.2 Å². The lowest BCUT2D eigenvalue weighted by atomic mass is 9.77. The lowest BCUT2D eigenvalue weighted by molar-refractivity contribution is -0.153. The number of ether oxygens (including phenoxy) is 3. The first kappa shape index (κ1) is 16.5. The van der Waals surface area contributed by atoms with Gasteiger partial charge in [0.05, 0.1) is 31.3 Å². The van der Waals surface area contributed by atoms with Gasteiger partial charge in [0, 0.05) is 13.2 Å². The van der Waals surface area contributed by atoms with Gasteiger partial charge in [-0.15, -0.1) is 0 Å². The number of carbonyl (C=O) groups is 2. The summed E-state index contributed by atoms with van der Waals surface area (Å²) in [6.07, 6.45) is 4.51. The second kappa shape index (κ2) is 6.24. The quantitative estimate of drug-likeness (QED) is 0.399. The Morgan fingerprint density at radius 2 is 2.30 bits per heavy atom. The average Bonchev–Trinajstić information content (AvgIpc) is 3.12. The average molecular weight is 323 g/mol. The highest BCUT2D eigenvalue weighted by Crippen LogP contribution is 2.52. The maximum Gasteiger partial charge on any atom is 0.312 e. The summed E-state index contributed by atoms with van der Waals surface area (Å²) in [5, 5.41) is 0. The van der Waals surface area contributed by atoms with Crippen LogP contribution in [-0.4, -0.2) is 60.9 Å². The summed E-state index contributed by atoms with van der Waals surface area (Å²) < 4.78 is 16.7. The minimum absolute atomic E-state index is 0.000509. The Bertz CT molecular complexity index is 517. The number of esters is 1. The predicted octanol–water partition coefficient (Wildman–Crippen LogP) is 1.15. The monoisotopic (exact) mass is 323 g/mol. The van der Waals surface area contributed by atoms with Crippen LogP contribution in [0.5, 0.6) is 0 Å². The molecular formula is C17H25NO5. The summed E-state index contributed by atoms with van der Waals surface area (Å²) in [5.41, 5.74) is -0.641. The van der Waals surface area contributed by atoms with Crippen LogP contribution in [-0.2, 0) is 23.8 Å². The molecule has 3 heterocycles. The molecule has 128 valence electrons. The van der Waals surface area contributed by atoms with E-state index in [9.17, 15) is 9.59 Å². The van der Waals surface area contributed by atoms with Crippen molar-refractivity contribution in [1.29, 1.82) is 0 Å². The van der Waals surface area contributed by atoms with Gasteiger partial charge in [-0.1, -0.05) is 12.2 Å². The predicted molar refractivity (Wildman–Crippen MR) is 82.6 cm³/mol. The van der Waals surface area contributed by atoms with Gasteiger partial charge in [-0.05, 0) is 27.2 Å². The van der Waals surface area contributed by atoms with E-state index in [2.05, 4.69) is 0 Å². The molecule has 0 radical (unpaired) electrons. The van der Waals surface area contributed by atoms with Gasteiger partial charge in [-0.25, -0.2) is 0 Å². The summed E-state index contributed by atoms with van der Waals surface area (Å²) in [6, 6.07) is 0. The van der Waals surface area contributed by atoms with Crippen LogP contribution in [0.1, 0.15) is 27.2 Å². The van der Waals surface area contributed by atoms with Crippen LogP contribution in [0.15, 0.2) is 12.2 Å². The van der Waals surface area contributed by atoms with Crippen LogP contribution in [0.3, 0.4) is 0 Å². The molecule has 23 heavy (non-hydrogen) atoms. The van der Waals surface area contributed by atoms with Crippen LogP contribution in [0.4, 0.5) is 0 Å². The molecule has 0 aromatic heterocycles.